The zero-order chi connectivity index (χ0) is 40.0. The first-order chi connectivity index (χ1) is 24.8. The standard InChI is InChI=1S/C36H40F5N5O8/c1-15-21-22-28(43-24(15)30(47)48)45-14-35(9)11-10-20(46(35)32(50)54-34(6,7)8)26(45)16(2)51-29(22)44-25(23(21)38)18-12-17(42-31(49)53-33(3,4)5)13-19(37)27(18)52-36(39,40)41/h12-13,16,20,26H,10-11,14H2,1-9H3,(H,42,49)(H,47,48)/t16-,20-,26+,35+/m0/s1. The number of halogens is 5. The molecule has 5 heterocycles. The number of rotatable bonds is 4. The van der Waals surface area contributed by atoms with Crippen LogP contribution < -0.4 is 19.7 Å². The maximum absolute atomic E-state index is 17.2. The van der Waals surface area contributed by atoms with Gasteiger partial charge in [-0.3, -0.25) is 10.2 Å². The van der Waals surface area contributed by atoms with Crippen molar-refractivity contribution in [3.05, 3.63) is 35.0 Å². The van der Waals surface area contributed by atoms with Crippen molar-refractivity contribution in [1.82, 2.24) is 14.9 Å². The van der Waals surface area contributed by atoms with Crippen LogP contribution in [0.2, 0.25) is 0 Å². The number of hydrogen-bond donors (Lipinski definition) is 2. The van der Waals surface area contributed by atoms with Crippen molar-refractivity contribution in [1.29, 1.82) is 0 Å². The molecule has 2 N–H and O–H groups in total. The Morgan fingerprint density at radius 3 is 2.26 bits per heavy atom. The summed E-state index contributed by atoms with van der Waals surface area (Å²) in [5.41, 5.74) is -5.69. The third kappa shape index (κ3) is 6.97. The van der Waals surface area contributed by atoms with Gasteiger partial charge in [-0.15, -0.1) is 13.2 Å². The van der Waals surface area contributed by atoms with Crippen molar-refractivity contribution in [2.75, 3.05) is 16.8 Å². The van der Waals surface area contributed by atoms with Crippen LogP contribution in [0.3, 0.4) is 0 Å². The van der Waals surface area contributed by atoms with Gasteiger partial charge in [-0.25, -0.2) is 33.1 Å². The lowest BCUT2D eigenvalue weighted by Gasteiger charge is -2.52. The number of fused-ring (bicyclic) bond motifs is 5. The van der Waals surface area contributed by atoms with Crippen LogP contribution >= 0.6 is 0 Å². The topological polar surface area (TPSA) is 153 Å². The number of ether oxygens (including phenoxy) is 4. The van der Waals surface area contributed by atoms with Crippen LogP contribution in [0.4, 0.5) is 43.0 Å². The van der Waals surface area contributed by atoms with Gasteiger partial charge in [0.25, 0.3) is 0 Å². The predicted octanol–water partition coefficient (Wildman–Crippen LogP) is 7.95. The number of amides is 2. The number of aryl methyl sites for hydroxylation is 1. The molecule has 2 aromatic heterocycles. The Balaban J connectivity index is 1.59. The number of nitrogens with zero attached hydrogens (tertiary/aromatic N) is 4. The van der Waals surface area contributed by atoms with E-state index in [2.05, 4.69) is 20.0 Å². The third-order valence-corrected chi connectivity index (χ3v) is 9.44. The SMILES string of the molecule is Cc1c(C(=O)O)nc2c3c(nc(-c4cc(NC(=O)OC(C)(C)C)cc(F)c4OC(F)(F)F)c(F)c13)O[C@@H](C)[C@@H]1[C@@H]3CC[C@](C)(CN21)N3C(=O)OC(C)(C)C. The van der Waals surface area contributed by atoms with Crippen LogP contribution in [-0.2, 0) is 9.47 Å². The second-order valence-corrected chi connectivity index (χ2v) is 15.9. The number of benzene rings is 1. The molecular weight excluding hydrogens is 725 g/mol. The number of carbonyl (C=O) groups excluding carboxylic acids is 2. The molecule has 3 aromatic rings. The lowest BCUT2D eigenvalue weighted by molar-refractivity contribution is -0.275. The minimum Gasteiger partial charge on any atom is -0.477 e. The van der Waals surface area contributed by atoms with E-state index in [0.717, 1.165) is 6.07 Å². The minimum absolute atomic E-state index is 0.0319. The molecule has 292 valence electrons. The molecule has 1 aromatic carbocycles. The Kier molecular flexibility index (Phi) is 9.08. The van der Waals surface area contributed by atoms with Crippen LogP contribution in [0.5, 0.6) is 11.6 Å². The number of carbonyl (C=O) groups is 3. The van der Waals surface area contributed by atoms with Crippen LogP contribution in [-0.4, -0.2) is 86.0 Å². The minimum atomic E-state index is -5.46. The van der Waals surface area contributed by atoms with E-state index in [4.69, 9.17) is 14.2 Å². The van der Waals surface area contributed by atoms with Crippen molar-refractivity contribution in [3.63, 3.8) is 0 Å². The highest BCUT2D eigenvalue weighted by Crippen LogP contribution is 2.51. The summed E-state index contributed by atoms with van der Waals surface area (Å²) < 4.78 is 95.2. The molecule has 0 saturated carbocycles. The number of hydrogen-bond acceptors (Lipinski definition) is 10. The van der Waals surface area contributed by atoms with Crippen LogP contribution in [0, 0.1) is 18.6 Å². The van der Waals surface area contributed by atoms with Crippen molar-refractivity contribution in [3.8, 4) is 22.9 Å². The smallest absolute Gasteiger partial charge is 0.477 e. The van der Waals surface area contributed by atoms with E-state index in [1.54, 1.807) is 58.3 Å². The molecule has 2 amide bonds. The quantitative estimate of drug-likeness (QED) is 0.249. The number of carboxylic acid groups (broad SMARTS) is 1. The largest absolute Gasteiger partial charge is 0.573 e. The van der Waals surface area contributed by atoms with E-state index < -0.39 is 105 Å². The molecular formula is C36H40F5N5O8. The fourth-order valence-electron chi connectivity index (χ4n) is 7.59. The number of alkyl halides is 3. The summed E-state index contributed by atoms with van der Waals surface area (Å²) in [6.07, 6.45) is -6.96. The van der Waals surface area contributed by atoms with Gasteiger partial charge in [0.1, 0.15) is 28.8 Å². The number of pyridine rings is 2. The summed E-state index contributed by atoms with van der Waals surface area (Å²) in [6.45, 7) is 14.7. The highest BCUT2D eigenvalue weighted by Gasteiger charge is 2.59. The van der Waals surface area contributed by atoms with Gasteiger partial charge in [-0.2, -0.15) is 0 Å². The normalized spacial score (nSPS) is 22.3. The van der Waals surface area contributed by atoms with Gasteiger partial charge in [0.15, 0.2) is 23.1 Å². The molecule has 54 heavy (non-hydrogen) atoms. The number of nitrogens with one attached hydrogen (secondary N) is 1. The van der Waals surface area contributed by atoms with Gasteiger partial charge in [0.2, 0.25) is 5.88 Å². The zero-order valence-electron chi connectivity index (χ0n) is 31.0. The Morgan fingerprint density at radius 2 is 1.67 bits per heavy atom. The van der Waals surface area contributed by atoms with Crippen molar-refractivity contribution in [2.24, 2.45) is 0 Å². The molecule has 2 bridgehead atoms. The molecule has 0 unspecified atom stereocenters. The summed E-state index contributed by atoms with van der Waals surface area (Å²) in [7, 11) is 0. The Bertz CT molecular complexity index is 2080. The molecule has 4 atom stereocenters. The number of aromatic carboxylic acids is 1. The molecule has 3 aliphatic rings. The Labute approximate surface area is 306 Å². The highest BCUT2D eigenvalue weighted by molar-refractivity contribution is 6.05. The Hall–Kier alpha value is -5.16. The molecule has 2 saturated heterocycles. The molecule has 6 rings (SSSR count). The Morgan fingerprint density at radius 1 is 1.02 bits per heavy atom. The monoisotopic (exact) mass is 765 g/mol. The van der Waals surface area contributed by atoms with Crippen molar-refractivity contribution >= 4 is 40.4 Å². The fraction of sp³-hybridized carbons (Fsp3) is 0.528. The second kappa shape index (κ2) is 12.7. The molecule has 0 aliphatic carbocycles. The van der Waals surface area contributed by atoms with Gasteiger partial charge in [0, 0.05) is 23.7 Å². The maximum atomic E-state index is 17.2. The molecule has 0 radical (unpaired) electrons. The van der Waals surface area contributed by atoms with Gasteiger partial charge < -0.3 is 29.0 Å². The molecule has 3 aliphatic heterocycles. The lowest BCUT2D eigenvalue weighted by atomic mass is 9.93. The predicted molar refractivity (Wildman–Crippen MR) is 184 cm³/mol. The van der Waals surface area contributed by atoms with Crippen LogP contribution in [0.25, 0.3) is 22.0 Å². The third-order valence-electron chi connectivity index (χ3n) is 9.44. The fourth-order valence-corrected chi connectivity index (χ4v) is 7.59. The number of piperazine rings is 1. The summed E-state index contributed by atoms with van der Waals surface area (Å²) in [5.74, 6) is -6.36. The second-order valence-electron chi connectivity index (χ2n) is 15.9. The average molecular weight is 766 g/mol. The molecule has 0 spiro atoms. The van der Waals surface area contributed by atoms with E-state index in [-0.39, 0.29) is 29.2 Å². The molecule has 2 fully saturated rings. The first-order valence-corrected chi connectivity index (χ1v) is 17.1. The van der Waals surface area contributed by atoms with E-state index in [1.807, 2.05) is 6.92 Å². The summed E-state index contributed by atoms with van der Waals surface area (Å²) in [4.78, 5) is 51.0. The first kappa shape index (κ1) is 38.6. The van der Waals surface area contributed by atoms with Crippen LogP contribution in [0.15, 0.2) is 12.1 Å². The summed E-state index contributed by atoms with van der Waals surface area (Å²) in [6, 6.07) is 0.0723. The van der Waals surface area contributed by atoms with Gasteiger partial charge >= 0.3 is 24.5 Å². The van der Waals surface area contributed by atoms with Crippen LogP contribution in [0.1, 0.15) is 84.3 Å². The maximum Gasteiger partial charge on any atom is 0.573 e. The molecule has 18 heteroatoms. The van der Waals surface area contributed by atoms with E-state index in [9.17, 15) is 32.7 Å². The van der Waals surface area contributed by atoms with Gasteiger partial charge in [-0.1, -0.05) is 0 Å². The van der Waals surface area contributed by atoms with Gasteiger partial charge in [0.05, 0.1) is 28.6 Å². The number of aromatic nitrogens is 2. The first-order valence-electron chi connectivity index (χ1n) is 17.1. The lowest BCUT2D eigenvalue weighted by Crippen LogP contribution is -2.69. The zero-order valence-corrected chi connectivity index (χ0v) is 31.0. The van der Waals surface area contributed by atoms with E-state index >= 15 is 8.78 Å². The number of anilines is 2. The van der Waals surface area contributed by atoms with E-state index in [0.29, 0.717) is 18.9 Å². The van der Waals surface area contributed by atoms with Gasteiger partial charge in [-0.05, 0) is 86.8 Å². The van der Waals surface area contributed by atoms with E-state index in [1.165, 1.54) is 6.92 Å². The van der Waals surface area contributed by atoms with Crippen molar-refractivity contribution < 1.29 is 60.4 Å². The summed E-state index contributed by atoms with van der Waals surface area (Å²) >= 11 is 0. The van der Waals surface area contributed by atoms with Crippen molar-refractivity contribution in [2.45, 2.75) is 116 Å². The average Bonchev–Trinajstić information content (AvgIpc) is 3.17. The highest BCUT2D eigenvalue weighted by atomic mass is 19.4. The number of carboxylic acids is 1. The summed E-state index contributed by atoms with van der Waals surface area (Å²) in [5, 5.41) is 12.0. The molecule has 13 nitrogen and oxygen atoms in total.